The molecule has 8 heteroatoms. The third kappa shape index (κ3) is 4.39. The minimum absolute atomic E-state index is 0.155. The Hall–Kier alpha value is -3.55. The number of nitrogens with zero attached hydrogens (tertiary/aromatic N) is 3. The van der Waals surface area contributed by atoms with Crippen molar-refractivity contribution in [3.8, 4) is 11.5 Å². The number of benzene rings is 2. The lowest BCUT2D eigenvalue weighted by Gasteiger charge is -2.32. The Bertz CT molecular complexity index is 1190. The van der Waals surface area contributed by atoms with Crippen LogP contribution in [0.5, 0.6) is 11.5 Å². The van der Waals surface area contributed by atoms with E-state index in [1.165, 1.54) is 18.1 Å². The molecule has 4 rings (SSSR count). The van der Waals surface area contributed by atoms with Gasteiger partial charge in [-0.25, -0.2) is 4.79 Å². The third-order valence-electron chi connectivity index (χ3n) is 5.81. The van der Waals surface area contributed by atoms with Crippen molar-refractivity contribution in [2.24, 2.45) is 5.92 Å². The molecule has 2 aromatic carbocycles. The summed E-state index contributed by atoms with van der Waals surface area (Å²) in [6, 6.07) is 12.7. The molecule has 32 heavy (non-hydrogen) atoms. The summed E-state index contributed by atoms with van der Waals surface area (Å²) in [5.74, 6) is 2.00. The second-order valence-electron chi connectivity index (χ2n) is 8.13. The number of hydrogen-bond donors (Lipinski definition) is 1. The minimum Gasteiger partial charge on any atom is -0.497 e. The fraction of sp³-hybridized carbons (Fsp3) is 0.375. The number of ether oxygens (including phenoxy) is 2. The van der Waals surface area contributed by atoms with Gasteiger partial charge in [-0.2, -0.15) is 4.98 Å². The van der Waals surface area contributed by atoms with Crippen molar-refractivity contribution < 1.29 is 14.3 Å². The number of amides is 1. The maximum atomic E-state index is 13.0. The van der Waals surface area contributed by atoms with Crippen LogP contribution in [0.2, 0.25) is 0 Å². The van der Waals surface area contributed by atoms with Gasteiger partial charge in [-0.1, -0.05) is 19.1 Å². The molecule has 1 fully saturated rings. The van der Waals surface area contributed by atoms with Crippen molar-refractivity contribution in [2.45, 2.75) is 26.3 Å². The van der Waals surface area contributed by atoms with E-state index in [1.807, 2.05) is 24.3 Å². The first-order valence-corrected chi connectivity index (χ1v) is 10.8. The summed E-state index contributed by atoms with van der Waals surface area (Å²) < 4.78 is 12.0. The van der Waals surface area contributed by atoms with Crippen LogP contribution >= 0.6 is 0 Å². The Labute approximate surface area is 186 Å². The van der Waals surface area contributed by atoms with E-state index < -0.39 is 5.69 Å². The van der Waals surface area contributed by atoms with Crippen molar-refractivity contribution in [3.05, 3.63) is 52.9 Å². The standard InChI is InChI=1S/C24H28N4O4/c1-16-7-6-12-27(14-16)23-18-8-4-5-9-20(18)28(24(30)26-23)15-22(29)25-19-11-10-17(31-2)13-21(19)32-3/h4-5,8-11,13,16H,6-7,12,14-15H2,1-3H3,(H,25,29)/t16-/m1/s1. The lowest BCUT2D eigenvalue weighted by molar-refractivity contribution is -0.116. The van der Waals surface area contributed by atoms with Crippen molar-refractivity contribution in [3.63, 3.8) is 0 Å². The first kappa shape index (κ1) is 21.7. The molecule has 2 heterocycles. The Morgan fingerprint density at radius 3 is 2.75 bits per heavy atom. The summed E-state index contributed by atoms with van der Waals surface area (Å²) in [5, 5.41) is 3.69. The first-order chi connectivity index (χ1) is 15.5. The van der Waals surface area contributed by atoms with Gasteiger partial charge >= 0.3 is 5.69 Å². The van der Waals surface area contributed by atoms with E-state index in [0.717, 1.165) is 24.9 Å². The van der Waals surface area contributed by atoms with Crippen LogP contribution < -0.4 is 25.4 Å². The number of aromatic nitrogens is 2. The number of fused-ring (bicyclic) bond motifs is 1. The lowest BCUT2D eigenvalue weighted by atomic mass is 10.00. The van der Waals surface area contributed by atoms with Gasteiger partial charge in [-0.05, 0) is 43.0 Å². The van der Waals surface area contributed by atoms with Crippen molar-refractivity contribution in [1.29, 1.82) is 0 Å². The molecule has 0 spiro atoms. The number of methoxy groups -OCH3 is 2. The zero-order valence-corrected chi connectivity index (χ0v) is 18.6. The number of piperidine rings is 1. The topological polar surface area (TPSA) is 85.7 Å². The van der Waals surface area contributed by atoms with E-state index in [2.05, 4.69) is 22.1 Å². The molecule has 8 nitrogen and oxygen atoms in total. The molecule has 0 unspecified atom stereocenters. The van der Waals surface area contributed by atoms with Crippen LogP contribution in [0.3, 0.4) is 0 Å². The number of carbonyl (C=O) groups is 1. The summed E-state index contributed by atoms with van der Waals surface area (Å²) in [5.41, 5.74) is 0.758. The quantitative estimate of drug-likeness (QED) is 0.638. The highest BCUT2D eigenvalue weighted by Gasteiger charge is 2.22. The van der Waals surface area contributed by atoms with E-state index >= 15 is 0 Å². The SMILES string of the molecule is COc1ccc(NC(=O)Cn2c(=O)nc(N3CCC[C@@H](C)C3)c3ccccc32)c(OC)c1. The van der Waals surface area contributed by atoms with E-state index in [0.29, 0.717) is 34.4 Å². The van der Waals surface area contributed by atoms with Gasteiger partial charge in [-0.15, -0.1) is 0 Å². The molecular formula is C24H28N4O4. The number of hydrogen-bond acceptors (Lipinski definition) is 6. The van der Waals surface area contributed by atoms with Crippen molar-refractivity contribution in [1.82, 2.24) is 9.55 Å². The summed E-state index contributed by atoms with van der Waals surface area (Å²) in [6.45, 7) is 3.81. The average molecular weight is 437 g/mol. The average Bonchev–Trinajstić information content (AvgIpc) is 2.81. The second kappa shape index (κ2) is 9.30. The van der Waals surface area contributed by atoms with Crippen LogP contribution in [0.4, 0.5) is 11.5 Å². The number of nitrogens with one attached hydrogen (secondary N) is 1. The van der Waals surface area contributed by atoms with Gasteiger partial charge in [0.2, 0.25) is 5.91 Å². The minimum atomic E-state index is -0.436. The Balaban J connectivity index is 1.64. The normalized spacial score (nSPS) is 16.1. The van der Waals surface area contributed by atoms with Gasteiger partial charge in [0.05, 0.1) is 25.4 Å². The molecule has 1 aliphatic heterocycles. The fourth-order valence-electron chi connectivity index (χ4n) is 4.22. The third-order valence-corrected chi connectivity index (χ3v) is 5.81. The Morgan fingerprint density at radius 1 is 1.19 bits per heavy atom. The van der Waals surface area contributed by atoms with E-state index in [-0.39, 0.29) is 12.5 Å². The zero-order chi connectivity index (χ0) is 22.7. The lowest BCUT2D eigenvalue weighted by Crippen LogP contribution is -2.38. The second-order valence-corrected chi connectivity index (χ2v) is 8.13. The van der Waals surface area contributed by atoms with Gasteiger partial charge in [-0.3, -0.25) is 9.36 Å². The molecule has 1 aromatic heterocycles. The molecule has 0 radical (unpaired) electrons. The Kier molecular flexibility index (Phi) is 6.30. The van der Waals surface area contributed by atoms with Crippen LogP contribution in [0, 0.1) is 5.92 Å². The summed E-state index contributed by atoms with van der Waals surface area (Å²) >= 11 is 0. The van der Waals surface area contributed by atoms with Crippen molar-refractivity contribution in [2.75, 3.05) is 37.5 Å². The van der Waals surface area contributed by atoms with E-state index in [1.54, 1.807) is 25.3 Å². The van der Waals surface area contributed by atoms with Gasteiger partial charge in [0, 0.05) is 24.5 Å². The van der Waals surface area contributed by atoms with Crippen LogP contribution in [-0.4, -0.2) is 42.8 Å². The molecule has 0 bridgehead atoms. The van der Waals surface area contributed by atoms with Crippen LogP contribution in [0.1, 0.15) is 19.8 Å². The number of anilines is 2. The van der Waals surface area contributed by atoms with Gasteiger partial charge in [0.1, 0.15) is 23.9 Å². The molecule has 0 saturated carbocycles. The largest absolute Gasteiger partial charge is 0.497 e. The first-order valence-electron chi connectivity index (χ1n) is 10.8. The monoisotopic (exact) mass is 436 g/mol. The summed E-state index contributed by atoms with van der Waals surface area (Å²) in [7, 11) is 3.08. The molecule has 3 aromatic rings. The molecule has 1 amide bonds. The van der Waals surface area contributed by atoms with Gasteiger partial charge < -0.3 is 19.7 Å². The smallest absolute Gasteiger partial charge is 0.350 e. The highest BCUT2D eigenvalue weighted by atomic mass is 16.5. The van der Waals surface area contributed by atoms with Crippen LogP contribution in [0.15, 0.2) is 47.3 Å². The zero-order valence-electron chi connectivity index (χ0n) is 18.6. The number of carbonyl (C=O) groups excluding carboxylic acids is 1. The molecule has 1 atom stereocenters. The van der Waals surface area contributed by atoms with Crippen molar-refractivity contribution >= 4 is 28.3 Å². The van der Waals surface area contributed by atoms with Crippen LogP contribution in [0.25, 0.3) is 10.9 Å². The number of rotatable bonds is 6. The summed E-state index contributed by atoms with van der Waals surface area (Å²) in [4.78, 5) is 32.4. The Morgan fingerprint density at radius 2 is 2.00 bits per heavy atom. The van der Waals surface area contributed by atoms with E-state index in [9.17, 15) is 9.59 Å². The predicted octanol–water partition coefficient (Wildman–Crippen LogP) is 3.29. The van der Waals surface area contributed by atoms with Gasteiger partial charge in [0.15, 0.2) is 0 Å². The molecular weight excluding hydrogens is 408 g/mol. The van der Waals surface area contributed by atoms with Gasteiger partial charge in [0.25, 0.3) is 0 Å². The molecule has 1 aliphatic rings. The predicted molar refractivity (Wildman–Crippen MR) is 125 cm³/mol. The molecule has 0 aliphatic carbocycles. The number of para-hydroxylation sites is 1. The summed E-state index contributed by atoms with van der Waals surface area (Å²) in [6.07, 6.45) is 2.26. The highest BCUT2D eigenvalue weighted by Crippen LogP contribution is 2.30. The van der Waals surface area contributed by atoms with E-state index in [4.69, 9.17) is 9.47 Å². The highest BCUT2D eigenvalue weighted by molar-refractivity contribution is 5.94. The molecule has 1 saturated heterocycles. The molecule has 1 N–H and O–H groups in total. The maximum absolute atomic E-state index is 13.0. The molecule has 168 valence electrons. The van der Waals surface area contributed by atoms with Crippen LogP contribution in [-0.2, 0) is 11.3 Å². The fourth-order valence-corrected chi connectivity index (χ4v) is 4.22. The maximum Gasteiger partial charge on any atom is 0.350 e.